The van der Waals surface area contributed by atoms with Crippen LogP contribution in [0, 0.1) is 5.92 Å². The fourth-order valence-corrected chi connectivity index (χ4v) is 4.66. The topological polar surface area (TPSA) is 91.4 Å². The summed E-state index contributed by atoms with van der Waals surface area (Å²) in [5, 5.41) is 2.98. The van der Waals surface area contributed by atoms with E-state index in [0.717, 1.165) is 18.4 Å². The fourth-order valence-electron chi connectivity index (χ4n) is 4.66. The summed E-state index contributed by atoms with van der Waals surface area (Å²) in [6.07, 6.45) is 2.00. The van der Waals surface area contributed by atoms with Gasteiger partial charge < -0.3 is 19.7 Å². The number of carbonyl (C=O) groups is 3. The second-order valence-corrected chi connectivity index (χ2v) is 8.86. The Morgan fingerprint density at radius 2 is 1.85 bits per heavy atom. The minimum absolute atomic E-state index is 0.214. The molecule has 1 aliphatic carbocycles. The molecule has 2 heterocycles. The van der Waals surface area contributed by atoms with Crippen molar-refractivity contribution in [3.05, 3.63) is 41.1 Å². The molecule has 2 fully saturated rings. The lowest BCUT2D eigenvalue weighted by atomic mass is 9.94. The number of carbonyl (C=O) groups excluding carboxylic acids is 3. The summed E-state index contributed by atoms with van der Waals surface area (Å²) in [4.78, 5) is 44.5. The predicted molar refractivity (Wildman–Crippen MR) is 126 cm³/mol. The van der Waals surface area contributed by atoms with Gasteiger partial charge >= 0.3 is 12.0 Å². The van der Waals surface area contributed by atoms with Gasteiger partial charge in [-0.05, 0) is 44.4 Å². The lowest BCUT2D eigenvalue weighted by Gasteiger charge is -2.40. The van der Waals surface area contributed by atoms with Gasteiger partial charge in [-0.15, -0.1) is 0 Å². The highest BCUT2D eigenvalue weighted by molar-refractivity contribution is 5.95. The molecule has 9 nitrogen and oxygen atoms in total. The molecule has 1 unspecified atom stereocenters. The number of hydrogen-bond donors (Lipinski definition) is 1. The Hall–Kier alpha value is -3.07. The lowest BCUT2D eigenvalue weighted by molar-refractivity contribution is -0.139. The van der Waals surface area contributed by atoms with Gasteiger partial charge in [0.05, 0.1) is 25.3 Å². The number of urea groups is 1. The molecule has 0 radical (unpaired) electrons. The van der Waals surface area contributed by atoms with Gasteiger partial charge in [-0.2, -0.15) is 0 Å². The van der Waals surface area contributed by atoms with Crippen LogP contribution in [0.5, 0.6) is 5.75 Å². The summed E-state index contributed by atoms with van der Waals surface area (Å²) < 4.78 is 10.8. The SMILES string of the molecule is CCOC(=O)C1=C(CN2CCN(C(=O)C3CC3)CC2)N(CC)C(=O)NC1c1cccc(OC)c1. The number of benzene rings is 1. The summed E-state index contributed by atoms with van der Waals surface area (Å²) >= 11 is 0. The molecule has 1 saturated heterocycles. The van der Waals surface area contributed by atoms with Gasteiger partial charge in [0.1, 0.15) is 5.75 Å². The number of nitrogens with one attached hydrogen (secondary N) is 1. The first-order valence-electron chi connectivity index (χ1n) is 12.1. The van der Waals surface area contributed by atoms with E-state index in [2.05, 4.69) is 10.2 Å². The zero-order valence-corrected chi connectivity index (χ0v) is 20.2. The van der Waals surface area contributed by atoms with Crippen LogP contribution in [-0.4, -0.2) is 85.6 Å². The average Bonchev–Trinajstić information content (AvgIpc) is 3.69. The van der Waals surface area contributed by atoms with Crippen molar-refractivity contribution in [2.75, 3.05) is 53.0 Å². The van der Waals surface area contributed by atoms with E-state index in [-0.39, 0.29) is 24.5 Å². The number of nitrogens with zero attached hydrogens (tertiary/aromatic N) is 3. The molecule has 2 aliphatic heterocycles. The number of likely N-dealkylation sites (N-methyl/N-ethyl adjacent to an activating group) is 1. The summed E-state index contributed by atoms with van der Waals surface area (Å²) in [6.45, 7) is 7.47. The normalized spacial score (nSPS) is 21.4. The van der Waals surface area contributed by atoms with E-state index in [4.69, 9.17) is 9.47 Å². The number of ether oxygens (including phenoxy) is 2. The maximum atomic E-state index is 13.2. The van der Waals surface area contributed by atoms with Crippen molar-refractivity contribution in [3.63, 3.8) is 0 Å². The quantitative estimate of drug-likeness (QED) is 0.586. The number of hydrogen-bond acceptors (Lipinski definition) is 6. The van der Waals surface area contributed by atoms with Crippen LogP contribution < -0.4 is 10.1 Å². The first-order valence-corrected chi connectivity index (χ1v) is 12.1. The number of rotatable bonds is 8. The molecule has 1 atom stereocenters. The molecular weight excluding hydrogens is 436 g/mol. The largest absolute Gasteiger partial charge is 0.497 e. The van der Waals surface area contributed by atoms with E-state index in [0.29, 0.717) is 56.3 Å². The van der Waals surface area contributed by atoms with Crippen molar-refractivity contribution in [2.45, 2.75) is 32.7 Å². The lowest BCUT2D eigenvalue weighted by Crippen LogP contribution is -2.54. The molecule has 184 valence electrons. The number of esters is 1. The zero-order valence-electron chi connectivity index (χ0n) is 20.2. The highest BCUT2D eigenvalue weighted by atomic mass is 16.5. The average molecular weight is 471 g/mol. The third kappa shape index (κ3) is 5.04. The van der Waals surface area contributed by atoms with Crippen LogP contribution in [-0.2, 0) is 14.3 Å². The molecule has 3 aliphatic rings. The van der Waals surface area contributed by atoms with Crippen LogP contribution in [0.15, 0.2) is 35.5 Å². The zero-order chi connectivity index (χ0) is 24.2. The van der Waals surface area contributed by atoms with Crippen molar-refractivity contribution in [1.82, 2.24) is 20.0 Å². The minimum atomic E-state index is -0.641. The molecule has 0 bridgehead atoms. The molecule has 1 saturated carbocycles. The molecule has 1 aromatic rings. The Bertz CT molecular complexity index is 966. The van der Waals surface area contributed by atoms with Crippen LogP contribution in [0.2, 0.25) is 0 Å². The van der Waals surface area contributed by atoms with Gasteiger partial charge in [0, 0.05) is 50.9 Å². The Kier molecular flexibility index (Phi) is 7.41. The van der Waals surface area contributed by atoms with Crippen molar-refractivity contribution < 1.29 is 23.9 Å². The van der Waals surface area contributed by atoms with E-state index in [1.807, 2.05) is 36.1 Å². The predicted octanol–water partition coefficient (Wildman–Crippen LogP) is 2.15. The molecule has 1 aromatic carbocycles. The molecule has 0 spiro atoms. The van der Waals surface area contributed by atoms with E-state index >= 15 is 0 Å². The molecule has 1 N–H and O–H groups in total. The standard InChI is InChI=1S/C25H34N4O5/c1-4-29-20(16-27-11-13-28(14-12-27)23(30)17-9-10-17)21(24(31)34-5-2)22(26-25(29)32)18-7-6-8-19(15-18)33-3/h6-8,15,17,22H,4-5,9-14,16H2,1-3H3,(H,26,32). The van der Waals surface area contributed by atoms with Gasteiger partial charge in [0.2, 0.25) is 5.91 Å². The summed E-state index contributed by atoms with van der Waals surface area (Å²) in [5.74, 6) is 0.680. The van der Waals surface area contributed by atoms with Gasteiger partial charge in [-0.1, -0.05) is 12.1 Å². The molecule has 4 rings (SSSR count). The highest BCUT2D eigenvalue weighted by Crippen LogP contribution is 2.34. The monoisotopic (exact) mass is 470 g/mol. The first-order chi connectivity index (χ1) is 16.5. The highest BCUT2D eigenvalue weighted by Gasteiger charge is 2.39. The van der Waals surface area contributed by atoms with Gasteiger partial charge in [-0.25, -0.2) is 9.59 Å². The van der Waals surface area contributed by atoms with Crippen molar-refractivity contribution in [1.29, 1.82) is 0 Å². The Balaban J connectivity index is 1.64. The van der Waals surface area contributed by atoms with E-state index < -0.39 is 12.0 Å². The van der Waals surface area contributed by atoms with E-state index in [1.165, 1.54) is 0 Å². The van der Waals surface area contributed by atoms with Crippen LogP contribution >= 0.6 is 0 Å². The van der Waals surface area contributed by atoms with Crippen LogP contribution in [0.4, 0.5) is 4.79 Å². The van der Waals surface area contributed by atoms with E-state index in [9.17, 15) is 14.4 Å². The second-order valence-electron chi connectivity index (χ2n) is 8.86. The molecular formula is C25H34N4O5. The van der Waals surface area contributed by atoms with E-state index in [1.54, 1.807) is 18.9 Å². The molecule has 3 amide bonds. The number of amides is 3. The smallest absolute Gasteiger partial charge is 0.338 e. The van der Waals surface area contributed by atoms with Gasteiger partial charge in [0.25, 0.3) is 0 Å². The summed E-state index contributed by atoms with van der Waals surface area (Å²) in [7, 11) is 1.58. The Morgan fingerprint density at radius 3 is 2.47 bits per heavy atom. The summed E-state index contributed by atoms with van der Waals surface area (Å²) in [6, 6.07) is 6.46. The van der Waals surface area contributed by atoms with Gasteiger partial charge in [-0.3, -0.25) is 14.6 Å². The minimum Gasteiger partial charge on any atom is -0.497 e. The first kappa shape index (κ1) is 24.1. The van der Waals surface area contributed by atoms with Crippen molar-refractivity contribution in [3.8, 4) is 5.75 Å². The maximum Gasteiger partial charge on any atom is 0.338 e. The third-order valence-electron chi connectivity index (χ3n) is 6.66. The second kappa shape index (κ2) is 10.5. The number of methoxy groups -OCH3 is 1. The molecule has 34 heavy (non-hydrogen) atoms. The van der Waals surface area contributed by atoms with Crippen LogP contribution in [0.1, 0.15) is 38.3 Å². The Labute approximate surface area is 200 Å². The fraction of sp³-hybridized carbons (Fsp3) is 0.560. The number of piperazine rings is 1. The molecule has 0 aromatic heterocycles. The molecule has 9 heteroatoms. The van der Waals surface area contributed by atoms with Crippen molar-refractivity contribution >= 4 is 17.9 Å². The summed E-state index contributed by atoms with van der Waals surface area (Å²) in [5.41, 5.74) is 1.84. The van der Waals surface area contributed by atoms with Crippen molar-refractivity contribution in [2.24, 2.45) is 5.92 Å². The van der Waals surface area contributed by atoms with Gasteiger partial charge in [0.15, 0.2) is 0 Å². The third-order valence-corrected chi connectivity index (χ3v) is 6.66. The van der Waals surface area contributed by atoms with Crippen LogP contribution in [0.3, 0.4) is 0 Å². The Morgan fingerprint density at radius 1 is 1.12 bits per heavy atom. The van der Waals surface area contributed by atoms with Crippen LogP contribution in [0.25, 0.3) is 0 Å². The maximum absolute atomic E-state index is 13.2.